The molecule has 0 amide bonds. The molecular weight excluding hydrogens is 384 g/mol. The topological polar surface area (TPSA) is 68.3 Å². The molecule has 0 bridgehead atoms. The fraction of sp³-hybridized carbons (Fsp3) is 0.250. The van der Waals surface area contributed by atoms with Crippen LogP contribution in [-0.4, -0.2) is 34.1 Å². The van der Waals surface area contributed by atoms with Crippen LogP contribution < -0.4 is 0 Å². The van der Waals surface area contributed by atoms with E-state index in [1.165, 1.54) is 15.9 Å². The highest BCUT2D eigenvalue weighted by Crippen LogP contribution is 2.48. The van der Waals surface area contributed by atoms with Crippen LogP contribution in [0.4, 0.5) is 0 Å². The fourth-order valence-electron chi connectivity index (χ4n) is 2.85. The maximum absolute atomic E-state index is 12.3. The minimum atomic E-state index is -3.53. The summed E-state index contributed by atoms with van der Waals surface area (Å²) in [7, 11) is -7.03. The average Bonchev–Trinajstić information content (AvgIpc) is 2.58. The molecule has 4 nitrogen and oxygen atoms in total. The summed E-state index contributed by atoms with van der Waals surface area (Å²) in [6.07, 6.45) is 0. The molecule has 1 atom stereocenters. The van der Waals surface area contributed by atoms with E-state index < -0.39 is 19.7 Å². The zero-order valence-corrected chi connectivity index (χ0v) is 15.8. The van der Waals surface area contributed by atoms with Gasteiger partial charge in [0.15, 0.2) is 19.7 Å². The van der Waals surface area contributed by atoms with E-state index in [0.717, 1.165) is 11.3 Å². The van der Waals surface area contributed by atoms with E-state index in [0.29, 0.717) is 0 Å². The van der Waals surface area contributed by atoms with Crippen LogP contribution in [0.5, 0.6) is 0 Å². The Hall–Kier alpha value is -0.960. The van der Waals surface area contributed by atoms with Gasteiger partial charge in [0.25, 0.3) is 0 Å². The van der Waals surface area contributed by atoms with Crippen molar-refractivity contribution in [2.24, 2.45) is 0 Å². The van der Waals surface area contributed by atoms with Gasteiger partial charge in [-0.3, -0.25) is 0 Å². The van der Waals surface area contributed by atoms with Crippen LogP contribution in [0, 0.1) is 0 Å². The fourth-order valence-corrected chi connectivity index (χ4v) is 9.77. The molecule has 0 saturated heterocycles. The van der Waals surface area contributed by atoms with Gasteiger partial charge in [-0.05, 0) is 29.8 Å². The summed E-state index contributed by atoms with van der Waals surface area (Å²) < 4.78 is 48.9. The van der Waals surface area contributed by atoms with Crippen molar-refractivity contribution in [1.82, 2.24) is 0 Å². The highest BCUT2D eigenvalue weighted by molar-refractivity contribution is 8.05. The van der Waals surface area contributed by atoms with Crippen LogP contribution in [0.3, 0.4) is 0 Å². The van der Waals surface area contributed by atoms with Crippen molar-refractivity contribution in [2.45, 2.75) is 24.8 Å². The van der Waals surface area contributed by atoms with Crippen molar-refractivity contribution in [3.63, 3.8) is 0 Å². The molecule has 2 aromatic rings. The summed E-state index contributed by atoms with van der Waals surface area (Å²) in [5.41, 5.74) is 0.862. The Kier molecular flexibility index (Phi) is 3.98. The Morgan fingerprint density at radius 1 is 0.833 bits per heavy atom. The molecule has 0 aliphatic carbocycles. The van der Waals surface area contributed by atoms with Gasteiger partial charge < -0.3 is 0 Å². The first-order chi connectivity index (χ1) is 11.4. The molecule has 0 N–H and O–H groups in total. The van der Waals surface area contributed by atoms with Gasteiger partial charge >= 0.3 is 0 Å². The third-order valence-electron chi connectivity index (χ3n) is 4.14. The first-order valence-electron chi connectivity index (χ1n) is 7.35. The highest BCUT2D eigenvalue weighted by atomic mass is 32.2. The van der Waals surface area contributed by atoms with Crippen molar-refractivity contribution >= 4 is 43.2 Å². The van der Waals surface area contributed by atoms with Crippen LogP contribution in [0.25, 0.3) is 0 Å². The summed E-state index contributed by atoms with van der Waals surface area (Å²) in [5, 5.41) is 0.107. The van der Waals surface area contributed by atoms with Gasteiger partial charge in [-0.25, -0.2) is 16.8 Å². The molecule has 4 rings (SSSR count). The number of hydrogen-bond acceptors (Lipinski definition) is 6. The van der Waals surface area contributed by atoms with Gasteiger partial charge in [0.2, 0.25) is 0 Å². The molecule has 2 heterocycles. The molecule has 24 heavy (non-hydrogen) atoms. The van der Waals surface area contributed by atoms with Crippen LogP contribution in [0.2, 0.25) is 0 Å². The van der Waals surface area contributed by atoms with E-state index in [4.69, 9.17) is 0 Å². The molecule has 2 aliphatic rings. The van der Waals surface area contributed by atoms with Gasteiger partial charge in [-0.1, -0.05) is 18.2 Å². The van der Waals surface area contributed by atoms with Gasteiger partial charge in [0, 0.05) is 20.8 Å². The number of benzene rings is 2. The van der Waals surface area contributed by atoms with Gasteiger partial charge in [0.1, 0.15) is 0 Å². The molecule has 8 heteroatoms. The summed E-state index contributed by atoms with van der Waals surface area (Å²) >= 11 is 3.44. The minimum Gasteiger partial charge on any atom is -0.224 e. The van der Waals surface area contributed by atoms with Crippen molar-refractivity contribution in [1.29, 1.82) is 0 Å². The summed E-state index contributed by atoms with van der Waals surface area (Å²) in [5.74, 6) is 0.164. The highest BCUT2D eigenvalue weighted by Gasteiger charge is 2.34. The second-order valence-corrected chi connectivity index (χ2v) is 12.2. The second-order valence-electron chi connectivity index (χ2n) is 5.71. The summed E-state index contributed by atoms with van der Waals surface area (Å²) in [6, 6.07) is 12.9. The van der Waals surface area contributed by atoms with Crippen molar-refractivity contribution in [2.75, 3.05) is 17.3 Å². The molecule has 0 fully saturated rings. The molecule has 0 aromatic heterocycles. The lowest BCUT2D eigenvalue weighted by molar-refractivity contribution is 0.575. The maximum atomic E-state index is 12.3. The Morgan fingerprint density at radius 2 is 1.50 bits per heavy atom. The van der Waals surface area contributed by atoms with E-state index in [-0.39, 0.29) is 26.5 Å². The number of thioether (sulfide) groups is 2. The zero-order valence-electron chi connectivity index (χ0n) is 12.5. The van der Waals surface area contributed by atoms with Crippen molar-refractivity contribution in [3.05, 3.63) is 48.0 Å². The first kappa shape index (κ1) is 16.5. The maximum Gasteiger partial charge on any atom is 0.180 e. The van der Waals surface area contributed by atoms with Crippen LogP contribution in [0.1, 0.15) is 10.8 Å². The Labute approximate surface area is 149 Å². The van der Waals surface area contributed by atoms with Crippen molar-refractivity contribution < 1.29 is 16.8 Å². The SMILES string of the molecule is O=S1(=O)CCS(=O)(=O)c2cc(C3CSc4ccccc4S3)ccc21. The van der Waals surface area contributed by atoms with Crippen molar-refractivity contribution in [3.8, 4) is 0 Å². The molecule has 2 aromatic carbocycles. The predicted molar refractivity (Wildman–Crippen MR) is 96.3 cm³/mol. The lowest BCUT2D eigenvalue weighted by atomic mass is 10.2. The van der Waals surface area contributed by atoms with E-state index in [1.807, 2.05) is 12.1 Å². The predicted octanol–water partition coefficient (Wildman–Crippen LogP) is 3.19. The number of fused-ring (bicyclic) bond motifs is 2. The normalized spacial score (nSPS) is 23.9. The van der Waals surface area contributed by atoms with Crippen LogP contribution in [-0.2, 0) is 19.7 Å². The average molecular weight is 399 g/mol. The molecular formula is C16H14O4S4. The van der Waals surface area contributed by atoms with Gasteiger partial charge in [-0.15, -0.1) is 23.5 Å². The molecule has 0 saturated carbocycles. The molecule has 1 unspecified atom stereocenters. The second kappa shape index (κ2) is 5.79. The quantitative estimate of drug-likeness (QED) is 0.735. The lowest BCUT2D eigenvalue weighted by Crippen LogP contribution is -2.26. The van der Waals surface area contributed by atoms with E-state index in [1.54, 1.807) is 35.7 Å². The third-order valence-corrected chi connectivity index (χ3v) is 10.9. The number of rotatable bonds is 1. The molecule has 0 spiro atoms. The Bertz CT molecular complexity index is 1030. The van der Waals surface area contributed by atoms with E-state index in [9.17, 15) is 16.8 Å². The molecule has 2 aliphatic heterocycles. The minimum absolute atomic E-state index is 0.0318. The van der Waals surface area contributed by atoms with Gasteiger partial charge in [0.05, 0.1) is 21.3 Å². The largest absolute Gasteiger partial charge is 0.224 e. The van der Waals surface area contributed by atoms with Crippen LogP contribution in [0.15, 0.2) is 62.0 Å². The van der Waals surface area contributed by atoms with Gasteiger partial charge in [-0.2, -0.15) is 0 Å². The first-order valence-corrected chi connectivity index (χ1v) is 12.5. The van der Waals surface area contributed by atoms with Crippen LogP contribution >= 0.6 is 23.5 Å². The van der Waals surface area contributed by atoms with E-state index >= 15 is 0 Å². The molecule has 126 valence electrons. The lowest BCUT2D eigenvalue weighted by Gasteiger charge is -2.25. The van der Waals surface area contributed by atoms with E-state index in [2.05, 4.69) is 12.1 Å². The third kappa shape index (κ3) is 2.79. The number of sulfone groups is 2. The summed E-state index contributed by atoms with van der Waals surface area (Å²) in [4.78, 5) is 2.32. The molecule has 0 radical (unpaired) electrons. The standard InChI is InChI=1S/C16H14O4S4/c17-23(18)7-8-24(19,20)16-9-11(5-6-15(16)23)14-10-21-12-3-1-2-4-13(12)22-14/h1-6,9,14H,7-8,10H2. The monoisotopic (exact) mass is 398 g/mol. The Balaban J connectivity index is 1.77. The smallest absolute Gasteiger partial charge is 0.180 e. The number of hydrogen-bond donors (Lipinski definition) is 0. The zero-order chi connectivity index (χ0) is 16.9. The Morgan fingerprint density at radius 3 is 2.25 bits per heavy atom. The summed E-state index contributed by atoms with van der Waals surface area (Å²) in [6.45, 7) is 0.